The first-order chi connectivity index (χ1) is 9.55. The fourth-order valence-corrected chi connectivity index (χ4v) is 4.99. The van der Waals surface area contributed by atoms with Crippen molar-refractivity contribution in [2.75, 3.05) is 13.2 Å². The van der Waals surface area contributed by atoms with Gasteiger partial charge in [-0.25, -0.2) is 8.42 Å². The lowest BCUT2D eigenvalue weighted by Gasteiger charge is -2.39. The van der Waals surface area contributed by atoms with E-state index in [1.807, 2.05) is 19.1 Å². The summed E-state index contributed by atoms with van der Waals surface area (Å²) in [5, 5.41) is 0. The van der Waals surface area contributed by atoms with E-state index < -0.39 is 15.7 Å². The Balaban J connectivity index is 1.95. The minimum absolute atomic E-state index is 0.374. The van der Waals surface area contributed by atoms with E-state index in [9.17, 15) is 8.42 Å². The van der Waals surface area contributed by atoms with E-state index in [2.05, 4.69) is 0 Å². The first kappa shape index (κ1) is 14.0. The van der Waals surface area contributed by atoms with Gasteiger partial charge in [0.05, 0.1) is 11.5 Å². The van der Waals surface area contributed by atoms with Gasteiger partial charge in [0.1, 0.15) is 5.72 Å². The van der Waals surface area contributed by atoms with E-state index in [0.717, 1.165) is 31.2 Å². The van der Waals surface area contributed by atoms with Gasteiger partial charge in [0.2, 0.25) is 10.0 Å². The molecule has 1 saturated heterocycles. The van der Waals surface area contributed by atoms with Crippen molar-refractivity contribution in [3.05, 3.63) is 29.8 Å². The van der Waals surface area contributed by atoms with Gasteiger partial charge in [-0.15, -0.1) is 0 Å². The molecule has 3 rings (SSSR count). The summed E-state index contributed by atoms with van der Waals surface area (Å²) in [7, 11) is -3.46. The van der Waals surface area contributed by atoms with Crippen molar-refractivity contribution in [1.82, 2.24) is 4.31 Å². The zero-order valence-corrected chi connectivity index (χ0v) is 12.7. The monoisotopic (exact) mass is 295 g/mol. The van der Waals surface area contributed by atoms with Crippen LogP contribution in [0.4, 0.5) is 0 Å². The van der Waals surface area contributed by atoms with Crippen LogP contribution in [0.1, 0.15) is 37.7 Å². The van der Waals surface area contributed by atoms with Gasteiger partial charge in [-0.3, -0.25) is 0 Å². The van der Waals surface area contributed by atoms with Crippen molar-refractivity contribution in [2.24, 2.45) is 0 Å². The molecule has 110 valence electrons. The fourth-order valence-electron chi connectivity index (χ4n) is 3.27. The molecule has 1 spiro atoms. The zero-order chi connectivity index (χ0) is 14.2. The van der Waals surface area contributed by atoms with Gasteiger partial charge in [0.25, 0.3) is 0 Å². The number of hydrogen-bond donors (Lipinski definition) is 0. The lowest BCUT2D eigenvalue weighted by molar-refractivity contribution is -0.0755. The Bertz CT molecular complexity index is 574. The summed E-state index contributed by atoms with van der Waals surface area (Å²) in [6.45, 7) is 2.93. The fraction of sp³-hybridized carbons (Fsp3) is 0.600. The Morgan fingerprint density at radius 3 is 2.40 bits per heavy atom. The van der Waals surface area contributed by atoms with E-state index in [4.69, 9.17) is 4.74 Å². The van der Waals surface area contributed by atoms with Gasteiger partial charge in [0.15, 0.2) is 0 Å². The molecule has 1 aromatic rings. The minimum Gasteiger partial charge on any atom is -0.358 e. The first-order valence-corrected chi connectivity index (χ1v) is 8.72. The second kappa shape index (κ2) is 5.13. The third-order valence-corrected chi connectivity index (χ3v) is 6.33. The smallest absolute Gasteiger partial charge is 0.245 e. The van der Waals surface area contributed by atoms with Gasteiger partial charge in [-0.1, -0.05) is 24.1 Å². The van der Waals surface area contributed by atoms with Gasteiger partial charge < -0.3 is 4.74 Å². The van der Waals surface area contributed by atoms with Crippen molar-refractivity contribution in [3.63, 3.8) is 0 Å². The third-order valence-electron chi connectivity index (χ3n) is 4.36. The van der Waals surface area contributed by atoms with E-state index >= 15 is 0 Å². The molecule has 1 saturated carbocycles. The number of rotatable bonds is 2. The molecule has 2 fully saturated rings. The molecular formula is C15H21NO3S. The molecule has 0 aromatic heterocycles. The predicted octanol–water partition coefficient (Wildman–Crippen LogP) is 2.68. The van der Waals surface area contributed by atoms with E-state index in [-0.39, 0.29) is 0 Å². The molecule has 2 aliphatic rings. The highest BCUT2D eigenvalue weighted by atomic mass is 32.2. The summed E-state index contributed by atoms with van der Waals surface area (Å²) >= 11 is 0. The molecule has 1 aliphatic heterocycles. The molecule has 0 unspecified atom stereocenters. The number of sulfonamides is 1. The van der Waals surface area contributed by atoms with Gasteiger partial charge in [0, 0.05) is 6.54 Å². The summed E-state index contributed by atoms with van der Waals surface area (Å²) in [6, 6.07) is 7.08. The van der Waals surface area contributed by atoms with Crippen LogP contribution in [0.15, 0.2) is 29.2 Å². The van der Waals surface area contributed by atoms with Crippen LogP contribution >= 0.6 is 0 Å². The van der Waals surface area contributed by atoms with Crippen LogP contribution < -0.4 is 0 Å². The average Bonchev–Trinajstić information content (AvgIpc) is 2.84. The minimum atomic E-state index is -3.46. The lowest BCUT2D eigenvalue weighted by Crippen LogP contribution is -2.49. The molecule has 5 heteroatoms. The Kier molecular flexibility index (Phi) is 3.60. The summed E-state index contributed by atoms with van der Waals surface area (Å²) < 4.78 is 33.2. The molecule has 20 heavy (non-hydrogen) atoms. The Hall–Kier alpha value is -0.910. The Labute approximate surface area is 120 Å². The molecule has 1 aromatic carbocycles. The molecule has 4 nitrogen and oxygen atoms in total. The maximum atomic E-state index is 12.9. The van der Waals surface area contributed by atoms with Crippen LogP contribution in [-0.4, -0.2) is 31.6 Å². The quantitative estimate of drug-likeness (QED) is 0.842. The second-order valence-corrected chi connectivity index (χ2v) is 7.61. The molecule has 0 radical (unpaired) electrons. The molecule has 0 bridgehead atoms. The number of nitrogens with zero attached hydrogens (tertiary/aromatic N) is 1. The van der Waals surface area contributed by atoms with Crippen molar-refractivity contribution >= 4 is 10.0 Å². The number of aryl methyl sites for hydroxylation is 1. The molecular weight excluding hydrogens is 274 g/mol. The van der Waals surface area contributed by atoms with Crippen LogP contribution in [0.2, 0.25) is 0 Å². The maximum absolute atomic E-state index is 12.9. The first-order valence-electron chi connectivity index (χ1n) is 7.28. The van der Waals surface area contributed by atoms with Crippen molar-refractivity contribution in [1.29, 1.82) is 0 Å². The van der Waals surface area contributed by atoms with Crippen molar-refractivity contribution in [2.45, 2.75) is 49.6 Å². The van der Waals surface area contributed by atoms with E-state index in [1.165, 1.54) is 6.42 Å². The predicted molar refractivity (Wildman–Crippen MR) is 76.8 cm³/mol. The van der Waals surface area contributed by atoms with Gasteiger partial charge in [-0.05, 0) is 44.7 Å². The maximum Gasteiger partial charge on any atom is 0.245 e. The summed E-state index contributed by atoms with van der Waals surface area (Å²) in [5.41, 5.74) is 0.483. The largest absolute Gasteiger partial charge is 0.358 e. The Morgan fingerprint density at radius 1 is 1.10 bits per heavy atom. The van der Waals surface area contributed by atoms with Gasteiger partial charge in [-0.2, -0.15) is 4.31 Å². The average molecular weight is 295 g/mol. The van der Waals surface area contributed by atoms with Gasteiger partial charge >= 0.3 is 0 Å². The summed E-state index contributed by atoms with van der Waals surface area (Å²) in [4.78, 5) is 0.374. The van der Waals surface area contributed by atoms with Crippen LogP contribution in [0, 0.1) is 6.92 Å². The normalized spacial score (nSPS) is 23.2. The number of ether oxygens (including phenoxy) is 1. The van der Waals surface area contributed by atoms with Crippen LogP contribution in [0.3, 0.4) is 0 Å². The lowest BCUT2D eigenvalue weighted by atomic mass is 9.92. The summed E-state index contributed by atoms with van der Waals surface area (Å²) in [6.07, 6.45) is 4.89. The number of hydrogen-bond acceptors (Lipinski definition) is 3. The van der Waals surface area contributed by atoms with E-state index in [0.29, 0.717) is 18.0 Å². The Morgan fingerprint density at radius 2 is 1.75 bits per heavy atom. The van der Waals surface area contributed by atoms with Crippen molar-refractivity contribution in [3.8, 4) is 0 Å². The molecule has 1 aliphatic carbocycles. The molecule has 0 N–H and O–H groups in total. The van der Waals surface area contributed by atoms with Crippen molar-refractivity contribution < 1.29 is 13.2 Å². The van der Waals surface area contributed by atoms with Crippen LogP contribution in [0.5, 0.6) is 0 Å². The highest BCUT2D eigenvalue weighted by molar-refractivity contribution is 7.89. The number of benzene rings is 1. The highest BCUT2D eigenvalue weighted by Gasteiger charge is 2.49. The SMILES string of the molecule is Cc1ccc(S(=O)(=O)N2CCOC23CCCCC3)cc1. The highest BCUT2D eigenvalue weighted by Crippen LogP contribution is 2.41. The standard InChI is InChI=1S/C15H21NO3S/c1-13-5-7-14(8-6-13)20(17,18)16-11-12-19-15(16)9-3-2-4-10-15/h5-8H,2-4,9-12H2,1H3. The zero-order valence-electron chi connectivity index (χ0n) is 11.8. The topological polar surface area (TPSA) is 46.6 Å². The molecule has 1 heterocycles. The summed E-state index contributed by atoms with van der Waals surface area (Å²) in [5.74, 6) is 0. The van der Waals surface area contributed by atoms with E-state index in [1.54, 1.807) is 16.4 Å². The molecule has 0 amide bonds. The second-order valence-electron chi connectivity index (χ2n) is 5.75. The molecule has 0 atom stereocenters. The van der Waals surface area contributed by atoms with Crippen LogP contribution in [-0.2, 0) is 14.8 Å². The van der Waals surface area contributed by atoms with Crippen LogP contribution in [0.25, 0.3) is 0 Å². The third kappa shape index (κ3) is 2.28.